The summed E-state index contributed by atoms with van der Waals surface area (Å²) in [4.78, 5) is 41.6. The SMILES string of the molecule is CC1(C)COc2cc(NC(=O)C(=O)N3CCN(c4cnn(-c5ccccc5)c(=O)c4Cl)CC3)ccc21. The summed E-state index contributed by atoms with van der Waals surface area (Å²) in [5.74, 6) is -0.593. The van der Waals surface area contributed by atoms with Crippen LogP contribution >= 0.6 is 11.6 Å². The van der Waals surface area contributed by atoms with Crippen LogP contribution in [-0.2, 0) is 15.0 Å². The Morgan fingerprint density at radius 3 is 2.50 bits per heavy atom. The third kappa shape index (κ3) is 4.42. The van der Waals surface area contributed by atoms with Gasteiger partial charge >= 0.3 is 11.8 Å². The van der Waals surface area contributed by atoms with Gasteiger partial charge in [-0.1, -0.05) is 49.7 Å². The van der Waals surface area contributed by atoms with Gasteiger partial charge in [-0.2, -0.15) is 9.78 Å². The Balaban J connectivity index is 1.22. The molecule has 0 spiro atoms. The summed E-state index contributed by atoms with van der Waals surface area (Å²) in [6.45, 7) is 6.21. The van der Waals surface area contributed by atoms with E-state index in [4.69, 9.17) is 16.3 Å². The van der Waals surface area contributed by atoms with Crippen LogP contribution in [0.5, 0.6) is 5.75 Å². The summed E-state index contributed by atoms with van der Waals surface area (Å²) in [7, 11) is 0. The zero-order chi connectivity index (χ0) is 25.4. The van der Waals surface area contributed by atoms with E-state index in [1.165, 1.54) is 9.58 Å². The van der Waals surface area contributed by atoms with Gasteiger partial charge in [-0.3, -0.25) is 14.4 Å². The number of piperazine rings is 1. The number of halogens is 1. The van der Waals surface area contributed by atoms with Gasteiger partial charge in [-0.25, -0.2) is 0 Å². The quantitative estimate of drug-likeness (QED) is 0.548. The highest BCUT2D eigenvalue weighted by atomic mass is 35.5. The highest BCUT2D eigenvalue weighted by molar-refractivity contribution is 6.39. The predicted molar refractivity (Wildman–Crippen MR) is 137 cm³/mol. The molecule has 1 saturated heterocycles. The van der Waals surface area contributed by atoms with Crippen LogP contribution in [0.3, 0.4) is 0 Å². The lowest BCUT2D eigenvalue weighted by Crippen LogP contribution is -2.52. The molecule has 2 aliphatic rings. The van der Waals surface area contributed by atoms with Gasteiger partial charge < -0.3 is 19.9 Å². The van der Waals surface area contributed by atoms with Crippen LogP contribution in [0.4, 0.5) is 11.4 Å². The van der Waals surface area contributed by atoms with Crippen LogP contribution in [-0.4, -0.2) is 59.3 Å². The molecule has 0 aliphatic carbocycles. The first-order chi connectivity index (χ1) is 17.2. The number of aromatic nitrogens is 2. The molecule has 2 aromatic carbocycles. The zero-order valence-corrected chi connectivity index (χ0v) is 20.8. The number of hydrogen-bond donors (Lipinski definition) is 1. The largest absolute Gasteiger partial charge is 0.492 e. The lowest BCUT2D eigenvalue weighted by molar-refractivity contribution is -0.143. The van der Waals surface area contributed by atoms with E-state index in [0.29, 0.717) is 49.8 Å². The smallest absolute Gasteiger partial charge is 0.313 e. The van der Waals surface area contributed by atoms with Crippen LogP contribution in [0.25, 0.3) is 5.69 Å². The molecule has 9 nitrogen and oxygen atoms in total. The van der Waals surface area contributed by atoms with Gasteiger partial charge in [0.05, 0.1) is 24.2 Å². The molecule has 1 N–H and O–H groups in total. The normalized spacial score (nSPS) is 16.3. The summed E-state index contributed by atoms with van der Waals surface area (Å²) in [6, 6.07) is 14.5. The molecule has 0 bridgehead atoms. The first kappa shape index (κ1) is 23.9. The fourth-order valence-corrected chi connectivity index (χ4v) is 4.74. The second-order valence-corrected chi connectivity index (χ2v) is 9.89. The Morgan fingerprint density at radius 1 is 1.06 bits per heavy atom. The molecule has 1 aromatic heterocycles. The molecule has 3 heterocycles. The average molecular weight is 508 g/mol. The van der Waals surface area contributed by atoms with E-state index in [1.54, 1.807) is 30.5 Å². The molecule has 10 heteroatoms. The highest BCUT2D eigenvalue weighted by Crippen LogP contribution is 2.39. The van der Waals surface area contributed by atoms with E-state index in [0.717, 1.165) is 11.3 Å². The van der Waals surface area contributed by atoms with Gasteiger partial charge in [0, 0.05) is 48.9 Å². The van der Waals surface area contributed by atoms with Gasteiger partial charge in [0.2, 0.25) is 0 Å². The van der Waals surface area contributed by atoms with Crippen molar-refractivity contribution in [2.75, 3.05) is 43.0 Å². The van der Waals surface area contributed by atoms with Gasteiger partial charge in [-0.15, -0.1) is 0 Å². The second kappa shape index (κ2) is 9.31. The number of amides is 2. The van der Waals surface area contributed by atoms with E-state index in [2.05, 4.69) is 24.3 Å². The summed E-state index contributed by atoms with van der Waals surface area (Å²) in [5, 5.41) is 7.01. The van der Waals surface area contributed by atoms with Crippen molar-refractivity contribution >= 4 is 34.8 Å². The number of para-hydroxylation sites is 1. The van der Waals surface area contributed by atoms with E-state index in [1.807, 2.05) is 29.2 Å². The van der Waals surface area contributed by atoms with Crippen LogP contribution in [0.15, 0.2) is 59.5 Å². The van der Waals surface area contributed by atoms with Crippen molar-refractivity contribution in [1.29, 1.82) is 0 Å². The fourth-order valence-electron chi connectivity index (χ4n) is 4.49. The number of benzene rings is 2. The van der Waals surface area contributed by atoms with Gasteiger partial charge in [0.15, 0.2) is 0 Å². The third-order valence-corrected chi connectivity index (χ3v) is 6.92. The van der Waals surface area contributed by atoms with Crippen LogP contribution in [0.1, 0.15) is 19.4 Å². The van der Waals surface area contributed by atoms with E-state index in [-0.39, 0.29) is 10.4 Å². The molecule has 0 atom stereocenters. The van der Waals surface area contributed by atoms with Crippen molar-refractivity contribution in [2.45, 2.75) is 19.3 Å². The van der Waals surface area contributed by atoms with Crippen molar-refractivity contribution < 1.29 is 14.3 Å². The minimum absolute atomic E-state index is 0.0633. The van der Waals surface area contributed by atoms with E-state index >= 15 is 0 Å². The lowest BCUT2D eigenvalue weighted by atomic mass is 9.87. The molecule has 0 radical (unpaired) electrons. The molecule has 3 aromatic rings. The van der Waals surface area contributed by atoms with Crippen LogP contribution in [0.2, 0.25) is 5.02 Å². The molecule has 0 unspecified atom stereocenters. The predicted octanol–water partition coefficient (Wildman–Crippen LogP) is 2.84. The molecule has 5 rings (SSSR count). The number of carbonyl (C=O) groups is 2. The number of ether oxygens (including phenoxy) is 1. The highest BCUT2D eigenvalue weighted by Gasteiger charge is 2.32. The van der Waals surface area contributed by atoms with Gasteiger partial charge in [0.25, 0.3) is 5.56 Å². The first-order valence-corrected chi connectivity index (χ1v) is 12.1. The van der Waals surface area contributed by atoms with E-state index < -0.39 is 17.4 Å². The maximum absolute atomic E-state index is 12.8. The van der Waals surface area contributed by atoms with Crippen molar-refractivity contribution in [2.24, 2.45) is 0 Å². The number of anilines is 2. The monoisotopic (exact) mass is 507 g/mol. The number of rotatable bonds is 3. The van der Waals surface area contributed by atoms with Crippen molar-refractivity contribution in [3.05, 3.63) is 75.7 Å². The Hall–Kier alpha value is -3.85. The van der Waals surface area contributed by atoms with Gasteiger partial charge in [-0.05, 0) is 18.2 Å². The van der Waals surface area contributed by atoms with Gasteiger partial charge in [0.1, 0.15) is 10.8 Å². The Bertz CT molecular complexity index is 1380. The maximum Gasteiger partial charge on any atom is 0.313 e. The Kier molecular flexibility index (Phi) is 6.17. The number of nitrogens with zero attached hydrogens (tertiary/aromatic N) is 4. The molecular formula is C26H26ClN5O4. The zero-order valence-electron chi connectivity index (χ0n) is 20.0. The molecule has 2 amide bonds. The standard InChI is InChI=1S/C26H26ClN5O4/c1-26(2)16-36-21-14-17(8-9-19(21)26)29-23(33)25(35)31-12-10-30(11-13-31)20-15-28-32(24(34)22(20)27)18-6-4-3-5-7-18/h3-9,14-15H,10-13,16H2,1-2H3,(H,29,33). The Labute approximate surface area is 213 Å². The number of nitrogens with one attached hydrogen (secondary N) is 1. The molecule has 2 aliphatic heterocycles. The van der Waals surface area contributed by atoms with Crippen LogP contribution in [0, 0.1) is 0 Å². The Morgan fingerprint density at radius 2 is 1.78 bits per heavy atom. The molecule has 0 saturated carbocycles. The van der Waals surface area contributed by atoms with Crippen molar-refractivity contribution in [1.82, 2.24) is 14.7 Å². The summed E-state index contributed by atoms with van der Waals surface area (Å²) in [5.41, 5.74) is 2.22. The van der Waals surface area contributed by atoms with Crippen molar-refractivity contribution in [3.8, 4) is 11.4 Å². The topological polar surface area (TPSA) is 96.8 Å². The van der Waals surface area contributed by atoms with Crippen molar-refractivity contribution in [3.63, 3.8) is 0 Å². The fraction of sp³-hybridized carbons (Fsp3) is 0.308. The minimum Gasteiger partial charge on any atom is -0.492 e. The molecule has 1 fully saturated rings. The average Bonchev–Trinajstić information content (AvgIpc) is 3.19. The number of hydrogen-bond acceptors (Lipinski definition) is 6. The number of fused-ring (bicyclic) bond motifs is 1. The molecular weight excluding hydrogens is 482 g/mol. The summed E-state index contributed by atoms with van der Waals surface area (Å²) in [6.07, 6.45) is 1.55. The summed E-state index contributed by atoms with van der Waals surface area (Å²) < 4.78 is 6.98. The number of carbonyl (C=O) groups excluding carboxylic acids is 2. The lowest BCUT2D eigenvalue weighted by Gasteiger charge is -2.35. The van der Waals surface area contributed by atoms with E-state index in [9.17, 15) is 14.4 Å². The maximum atomic E-state index is 12.8. The molecule has 36 heavy (non-hydrogen) atoms. The molecule has 186 valence electrons. The summed E-state index contributed by atoms with van der Waals surface area (Å²) >= 11 is 6.41. The minimum atomic E-state index is -0.703. The first-order valence-electron chi connectivity index (χ1n) is 11.7. The van der Waals surface area contributed by atoms with Crippen LogP contribution < -0.4 is 20.5 Å². The third-order valence-electron chi connectivity index (χ3n) is 6.56. The second-order valence-electron chi connectivity index (χ2n) is 9.51.